The van der Waals surface area contributed by atoms with E-state index >= 15 is 0 Å². The van der Waals surface area contributed by atoms with Gasteiger partial charge in [0.25, 0.3) is 0 Å². The van der Waals surface area contributed by atoms with Crippen molar-refractivity contribution < 1.29 is 9.53 Å². The number of rotatable bonds is 12. The molecule has 1 rings (SSSR count). The van der Waals surface area contributed by atoms with Crippen LogP contribution >= 0.6 is 0 Å². The topological polar surface area (TPSA) is 52.3 Å². The summed E-state index contributed by atoms with van der Waals surface area (Å²) in [5.74, 6) is 0.791. The van der Waals surface area contributed by atoms with Gasteiger partial charge in [0.1, 0.15) is 5.75 Å². The molecule has 124 valence electrons. The van der Waals surface area contributed by atoms with Crippen molar-refractivity contribution in [1.29, 1.82) is 0 Å². The fourth-order valence-electron chi connectivity index (χ4n) is 2.60. The third-order valence-corrected chi connectivity index (χ3v) is 4.08. The van der Waals surface area contributed by atoms with Crippen molar-refractivity contribution in [2.45, 2.75) is 70.8 Å². The van der Waals surface area contributed by atoms with Crippen LogP contribution < -0.4 is 10.5 Å². The molecule has 22 heavy (non-hydrogen) atoms. The zero-order valence-corrected chi connectivity index (χ0v) is 14.1. The highest BCUT2D eigenvalue weighted by molar-refractivity contribution is 6.00. The lowest BCUT2D eigenvalue weighted by atomic mass is 9.99. The fraction of sp³-hybridized carbons (Fsp3) is 0.632. The molecule has 0 fully saturated rings. The average Bonchev–Trinajstić information content (AvgIpc) is 2.56. The molecule has 3 nitrogen and oxygen atoms in total. The lowest BCUT2D eigenvalue weighted by Crippen LogP contribution is -2.30. The van der Waals surface area contributed by atoms with Crippen molar-refractivity contribution in [2.75, 3.05) is 7.11 Å². The molecule has 0 bridgehead atoms. The van der Waals surface area contributed by atoms with Crippen LogP contribution in [0.15, 0.2) is 24.3 Å². The molecule has 0 aliphatic rings. The summed E-state index contributed by atoms with van der Waals surface area (Å²) < 4.78 is 5.09. The summed E-state index contributed by atoms with van der Waals surface area (Å²) in [4.78, 5) is 12.2. The molecule has 0 unspecified atom stereocenters. The van der Waals surface area contributed by atoms with Gasteiger partial charge in [-0.2, -0.15) is 0 Å². The average molecular weight is 305 g/mol. The van der Waals surface area contributed by atoms with Gasteiger partial charge in [0.05, 0.1) is 13.2 Å². The minimum atomic E-state index is -0.381. The van der Waals surface area contributed by atoms with E-state index in [1.807, 2.05) is 0 Å². The van der Waals surface area contributed by atoms with E-state index < -0.39 is 0 Å². The smallest absolute Gasteiger partial charge is 0.179 e. The zero-order valence-electron chi connectivity index (χ0n) is 14.1. The fourth-order valence-corrected chi connectivity index (χ4v) is 2.60. The molecule has 0 aromatic heterocycles. The maximum atomic E-state index is 12.2. The Hall–Kier alpha value is -1.35. The number of benzene rings is 1. The Morgan fingerprint density at radius 2 is 1.55 bits per heavy atom. The summed E-state index contributed by atoms with van der Waals surface area (Å²) in [5.41, 5.74) is 6.69. The van der Waals surface area contributed by atoms with Gasteiger partial charge in [-0.25, -0.2) is 0 Å². The van der Waals surface area contributed by atoms with Crippen molar-refractivity contribution in [2.24, 2.45) is 5.73 Å². The summed E-state index contributed by atoms with van der Waals surface area (Å²) >= 11 is 0. The second-order valence-electron chi connectivity index (χ2n) is 5.96. The third kappa shape index (κ3) is 7.08. The van der Waals surface area contributed by atoms with Crippen LogP contribution in [0.4, 0.5) is 0 Å². The van der Waals surface area contributed by atoms with Crippen molar-refractivity contribution in [3.63, 3.8) is 0 Å². The number of hydrogen-bond acceptors (Lipinski definition) is 3. The first kappa shape index (κ1) is 18.7. The molecule has 0 radical (unpaired) electrons. The van der Waals surface area contributed by atoms with E-state index in [-0.39, 0.29) is 11.8 Å². The first-order valence-corrected chi connectivity index (χ1v) is 8.63. The van der Waals surface area contributed by atoms with Gasteiger partial charge < -0.3 is 10.5 Å². The maximum Gasteiger partial charge on any atom is 0.179 e. The molecule has 0 saturated heterocycles. The largest absolute Gasteiger partial charge is 0.497 e. The number of nitrogens with two attached hydrogens (primary N) is 1. The van der Waals surface area contributed by atoms with Crippen molar-refractivity contribution in [1.82, 2.24) is 0 Å². The Bertz CT molecular complexity index is 414. The molecule has 0 amide bonds. The molecule has 0 aliphatic heterocycles. The molecule has 0 saturated carbocycles. The van der Waals surface area contributed by atoms with Gasteiger partial charge in [-0.05, 0) is 30.7 Å². The quantitative estimate of drug-likeness (QED) is 0.448. The molecule has 1 aromatic rings. The summed E-state index contributed by atoms with van der Waals surface area (Å²) in [7, 11) is 1.62. The first-order valence-electron chi connectivity index (χ1n) is 8.63. The Morgan fingerprint density at radius 1 is 1.00 bits per heavy atom. The molecule has 0 aliphatic carbocycles. The minimum Gasteiger partial charge on any atom is -0.497 e. The van der Waals surface area contributed by atoms with Gasteiger partial charge in [-0.15, -0.1) is 0 Å². The number of ether oxygens (including phenoxy) is 1. The van der Waals surface area contributed by atoms with Gasteiger partial charge in [-0.1, -0.05) is 58.3 Å². The number of carbonyl (C=O) groups excluding carboxylic acids is 1. The molecular formula is C19H31NO2. The summed E-state index contributed by atoms with van der Waals surface area (Å²) in [6, 6.07) is 6.80. The van der Waals surface area contributed by atoms with Crippen LogP contribution in [0, 0.1) is 0 Å². The zero-order chi connectivity index (χ0) is 16.2. The molecule has 2 N–H and O–H groups in total. The van der Waals surface area contributed by atoms with Gasteiger partial charge >= 0.3 is 0 Å². The van der Waals surface area contributed by atoms with Crippen molar-refractivity contribution in [3.05, 3.63) is 29.8 Å². The Morgan fingerprint density at radius 3 is 2.09 bits per heavy atom. The standard InChI is InChI=1S/C19H31NO2/c1-3-4-5-6-7-8-9-10-11-18(20)19(21)16-12-14-17(22-2)15-13-16/h12-15,18H,3-11,20H2,1-2H3/t18-/m1/s1. The highest BCUT2D eigenvalue weighted by atomic mass is 16.5. The number of ketones is 1. The molecule has 1 aromatic carbocycles. The van der Waals surface area contributed by atoms with Crippen LogP contribution in [0.5, 0.6) is 5.75 Å². The van der Waals surface area contributed by atoms with E-state index in [9.17, 15) is 4.79 Å². The Balaban J connectivity index is 2.18. The normalized spacial score (nSPS) is 12.1. The van der Waals surface area contributed by atoms with Crippen LogP contribution in [0.2, 0.25) is 0 Å². The van der Waals surface area contributed by atoms with Crippen LogP contribution in [0.25, 0.3) is 0 Å². The van der Waals surface area contributed by atoms with Gasteiger partial charge in [0, 0.05) is 5.56 Å². The summed E-state index contributed by atoms with van der Waals surface area (Å²) in [6.07, 6.45) is 10.9. The Labute approximate surface area is 135 Å². The molecular weight excluding hydrogens is 274 g/mol. The minimum absolute atomic E-state index is 0.0330. The number of carbonyl (C=O) groups is 1. The number of Topliss-reactive ketones (excluding diaryl/α,β-unsaturated/α-hetero) is 1. The van der Waals surface area contributed by atoms with E-state index in [1.54, 1.807) is 31.4 Å². The van der Waals surface area contributed by atoms with E-state index in [1.165, 1.54) is 44.9 Å². The van der Waals surface area contributed by atoms with Gasteiger partial charge in [0.15, 0.2) is 5.78 Å². The highest BCUT2D eigenvalue weighted by Crippen LogP contribution is 2.15. The number of methoxy groups -OCH3 is 1. The van der Waals surface area contributed by atoms with E-state index in [0.717, 1.165) is 18.6 Å². The summed E-state index contributed by atoms with van der Waals surface area (Å²) in [6.45, 7) is 2.24. The molecule has 3 heteroatoms. The second kappa shape index (κ2) is 11.2. The lowest BCUT2D eigenvalue weighted by Gasteiger charge is -2.11. The molecule has 0 heterocycles. The molecule has 0 spiro atoms. The van der Waals surface area contributed by atoms with Crippen molar-refractivity contribution >= 4 is 5.78 Å². The SMILES string of the molecule is CCCCCCCCCC[C@@H](N)C(=O)c1ccc(OC)cc1. The van der Waals surface area contributed by atoms with Crippen LogP contribution in [0.3, 0.4) is 0 Å². The van der Waals surface area contributed by atoms with E-state index in [4.69, 9.17) is 10.5 Å². The second-order valence-corrected chi connectivity index (χ2v) is 5.96. The van der Waals surface area contributed by atoms with Gasteiger partial charge in [0.2, 0.25) is 0 Å². The molecule has 1 atom stereocenters. The van der Waals surface area contributed by atoms with E-state index in [2.05, 4.69) is 6.92 Å². The summed E-state index contributed by atoms with van der Waals surface area (Å²) in [5, 5.41) is 0. The maximum absolute atomic E-state index is 12.2. The predicted molar refractivity (Wildman–Crippen MR) is 92.5 cm³/mol. The lowest BCUT2D eigenvalue weighted by molar-refractivity contribution is 0.0956. The van der Waals surface area contributed by atoms with E-state index in [0.29, 0.717) is 5.56 Å². The van der Waals surface area contributed by atoms with Crippen molar-refractivity contribution in [3.8, 4) is 5.75 Å². The van der Waals surface area contributed by atoms with Crippen LogP contribution in [-0.2, 0) is 0 Å². The van der Waals surface area contributed by atoms with Crippen LogP contribution in [-0.4, -0.2) is 18.9 Å². The third-order valence-electron chi connectivity index (χ3n) is 4.08. The predicted octanol–water partition coefficient (Wildman–Crippen LogP) is 4.74. The Kier molecular flexibility index (Phi) is 9.56. The monoisotopic (exact) mass is 305 g/mol. The number of unbranched alkanes of at least 4 members (excludes halogenated alkanes) is 7. The van der Waals surface area contributed by atoms with Crippen LogP contribution in [0.1, 0.15) is 75.1 Å². The first-order chi connectivity index (χ1) is 10.7. The highest BCUT2D eigenvalue weighted by Gasteiger charge is 2.15. The number of hydrogen-bond donors (Lipinski definition) is 1. The van der Waals surface area contributed by atoms with Gasteiger partial charge in [-0.3, -0.25) is 4.79 Å².